The van der Waals surface area contributed by atoms with Crippen molar-refractivity contribution in [2.45, 2.75) is 84.1 Å². The third kappa shape index (κ3) is 16.1. The molecule has 1 N–H and O–H groups in total. The minimum atomic E-state index is -0.476. The molecule has 0 aliphatic heterocycles. The Balaban J connectivity index is 0. The molecule has 1 atom stereocenters. The first-order valence-electron chi connectivity index (χ1n) is 7.37. The average molecular weight is 277 g/mol. The van der Waals surface area contributed by atoms with Gasteiger partial charge in [0.2, 0.25) is 5.91 Å². The van der Waals surface area contributed by atoms with Crippen LogP contribution >= 0.6 is 0 Å². The van der Waals surface area contributed by atoms with Crippen LogP contribution in [0.5, 0.6) is 0 Å². The van der Waals surface area contributed by atoms with Gasteiger partial charge < -0.3 is 10.1 Å². The van der Waals surface area contributed by atoms with Gasteiger partial charge in [0.05, 0.1) is 0 Å². The van der Waals surface area contributed by atoms with Crippen LogP contribution in [0.25, 0.3) is 0 Å². The van der Waals surface area contributed by atoms with Gasteiger partial charge in [0.15, 0.2) is 0 Å². The van der Waals surface area contributed by atoms with Crippen molar-refractivity contribution in [3.63, 3.8) is 0 Å². The fraction of sp³-hybridized carbons (Fsp3) is 0.867. The molecule has 0 aliphatic carbocycles. The summed E-state index contributed by atoms with van der Waals surface area (Å²) in [7, 11) is 0. The van der Waals surface area contributed by atoms with E-state index in [1.807, 2.05) is 0 Å². The summed E-state index contributed by atoms with van der Waals surface area (Å²) in [5, 5.41) is 2.59. The van der Waals surface area contributed by atoms with E-state index >= 15 is 0 Å². The molecule has 0 radical (unpaired) electrons. The van der Waals surface area contributed by atoms with Gasteiger partial charge in [0, 0.05) is 6.42 Å². The second kappa shape index (κ2) is 16.2. The molecule has 0 aliphatic rings. The Morgan fingerprint density at radius 3 is 1.95 bits per heavy atom. The first-order chi connectivity index (χ1) is 8.70. The van der Waals surface area contributed by atoms with Crippen molar-refractivity contribution in [1.29, 1.82) is 0 Å². The maximum Gasteiger partial charge on any atom is 1.00 e. The zero-order valence-corrected chi connectivity index (χ0v) is 15.0. The summed E-state index contributed by atoms with van der Waals surface area (Å²) < 4.78 is 0. The summed E-state index contributed by atoms with van der Waals surface area (Å²) in [5.41, 5.74) is 0. The number of hydrogen-bond acceptors (Lipinski definition) is 2. The van der Waals surface area contributed by atoms with Crippen molar-refractivity contribution < 1.29 is 39.1 Å². The van der Waals surface area contributed by atoms with E-state index < -0.39 is 6.04 Å². The molecule has 0 heterocycles. The zero-order chi connectivity index (χ0) is 13.6. The average Bonchev–Trinajstić information content (AvgIpc) is 2.36. The summed E-state index contributed by atoms with van der Waals surface area (Å²) in [6.45, 7) is 3.87. The van der Waals surface area contributed by atoms with E-state index in [1.165, 1.54) is 44.9 Å². The van der Waals surface area contributed by atoms with Crippen LogP contribution in [0.2, 0.25) is 0 Å². The van der Waals surface area contributed by atoms with Crippen LogP contribution in [0.3, 0.4) is 0 Å². The Hall–Kier alpha value is 0.140. The molecule has 0 aromatic rings. The largest absolute Gasteiger partial charge is 1.00 e. The molecule has 0 saturated heterocycles. The molecule has 0 spiro atoms. The fourth-order valence-electron chi connectivity index (χ4n) is 1.94. The Labute approximate surface area is 140 Å². The molecule has 0 fully saturated rings. The minimum Gasteiger partial charge on any atom is -0.540 e. The third-order valence-electron chi connectivity index (χ3n) is 3.06. The molecule has 0 bridgehead atoms. The summed E-state index contributed by atoms with van der Waals surface area (Å²) >= 11 is 0. The molecule has 0 aromatic carbocycles. The van der Waals surface area contributed by atoms with Crippen molar-refractivity contribution in [3.8, 4) is 0 Å². The molecule has 106 valence electrons. The van der Waals surface area contributed by atoms with Gasteiger partial charge in [-0.2, -0.15) is 0 Å². The summed E-state index contributed by atoms with van der Waals surface area (Å²) in [4.78, 5) is 21.6. The summed E-state index contributed by atoms with van der Waals surface area (Å²) in [6.07, 6.45) is 13.5. The van der Waals surface area contributed by atoms with Crippen LogP contribution in [0, 0.1) is 0 Å². The molecule has 4 heteroatoms. The Morgan fingerprint density at radius 1 is 1.00 bits per heavy atom. The van der Waals surface area contributed by atoms with Gasteiger partial charge in [0.1, 0.15) is 0 Å². The Morgan fingerprint density at radius 2 is 1.47 bits per heavy atom. The van der Waals surface area contributed by atoms with Gasteiger partial charge in [0.25, 0.3) is 0 Å². The first-order valence-corrected chi connectivity index (χ1v) is 7.37. The van der Waals surface area contributed by atoms with Crippen LogP contribution in [0.1, 0.15) is 78.1 Å². The maximum absolute atomic E-state index is 11.3. The van der Waals surface area contributed by atoms with Gasteiger partial charge in [-0.25, -0.2) is 6.29 Å². The Kier molecular flexibility index (Phi) is 18.3. The van der Waals surface area contributed by atoms with Gasteiger partial charge in [-0.05, 0) is 6.42 Å². The second-order valence-electron chi connectivity index (χ2n) is 4.99. The van der Waals surface area contributed by atoms with Crippen molar-refractivity contribution in [2.24, 2.45) is 0 Å². The zero-order valence-electron chi connectivity index (χ0n) is 13.0. The van der Waals surface area contributed by atoms with E-state index in [-0.39, 0.29) is 35.5 Å². The van der Waals surface area contributed by atoms with E-state index in [2.05, 4.69) is 12.2 Å². The van der Waals surface area contributed by atoms with Gasteiger partial charge in [-0.1, -0.05) is 71.3 Å². The van der Waals surface area contributed by atoms with Crippen LogP contribution in [0.15, 0.2) is 0 Å². The van der Waals surface area contributed by atoms with Crippen LogP contribution < -0.4 is 34.9 Å². The molecule has 1 amide bonds. The van der Waals surface area contributed by atoms with Crippen molar-refractivity contribution in [3.05, 3.63) is 0 Å². The molecule has 0 aromatic heterocycles. The van der Waals surface area contributed by atoms with Gasteiger partial charge >= 0.3 is 29.6 Å². The molecule has 3 nitrogen and oxygen atoms in total. The number of hydrogen-bond donors (Lipinski definition) is 1. The summed E-state index contributed by atoms with van der Waals surface area (Å²) in [5.74, 6) is -0.0335. The number of carbonyl (C=O) groups excluding carboxylic acids is 2. The monoisotopic (exact) mass is 277 g/mol. The van der Waals surface area contributed by atoms with Crippen molar-refractivity contribution >= 4 is 12.2 Å². The molecular weight excluding hydrogens is 249 g/mol. The van der Waals surface area contributed by atoms with E-state index in [0.29, 0.717) is 6.42 Å². The second-order valence-corrected chi connectivity index (χ2v) is 4.99. The van der Waals surface area contributed by atoms with Crippen LogP contribution in [-0.2, 0) is 9.59 Å². The number of unbranched alkanes of at least 4 members (excludes halogenated alkanes) is 8. The first kappa shape index (κ1) is 21.4. The number of carbonyl (C=O) groups is 1. The molecule has 1 unspecified atom stereocenters. The van der Waals surface area contributed by atoms with E-state index in [9.17, 15) is 9.59 Å². The third-order valence-corrected chi connectivity index (χ3v) is 3.06. The molecule has 19 heavy (non-hydrogen) atoms. The molecule has 0 rings (SSSR count). The fourth-order valence-corrected chi connectivity index (χ4v) is 1.94. The van der Waals surface area contributed by atoms with Gasteiger partial charge in [-0.15, -0.1) is 0 Å². The van der Waals surface area contributed by atoms with E-state index in [0.717, 1.165) is 12.8 Å². The van der Waals surface area contributed by atoms with Gasteiger partial charge in [-0.3, -0.25) is 4.79 Å². The molecule has 0 saturated carbocycles. The van der Waals surface area contributed by atoms with Crippen molar-refractivity contribution in [2.75, 3.05) is 0 Å². The normalized spacial score (nSPS) is 11.5. The standard InChI is InChI=1S/C15H28NO2.Na/c1-3-4-5-6-7-8-9-10-11-12-15(18)16-14(2)13-17;/h14H,3-12H2,1-2H3,(H,16,18);/q-1;+1. The van der Waals surface area contributed by atoms with Crippen LogP contribution in [0.4, 0.5) is 0 Å². The predicted molar refractivity (Wildman–Crippen MR) is 75.1 cm³/mol. The minimum absolute atomic E-state index is 0. The van der Waals surface area contributed by atoms with E-state index in [4.69, 9.17) is 0 Å². The van der Waals surface area contributed by atoms with E-state index in [1.54, 1.807) is 13.2 Å². The quantitative estimate of drug-likeness (QED) is 0.321. The summed E-state index contributed by atoms with van der Waals surface area (Å²) in [6, 6.07) is -0.476. The predicted octanol–water partition coefficient (Wildman–Crippen LogP) is 0.526. The number of rotatable bonds is 12. The van der Waals surface area contributed by atoms with Crippen LogP contribution in [-0.4, -0.2) is 18.2 Å². The molecular formula is C15H28NNaO2. The Bertz CT molecular complexity index is 222. The maximum atomic E-state index is 11.3. The SMILES string of the molecule is CCCCCCCCCCCC(=O)NC(C)[C-]=O.[Na+]. The smallest absolute Gasteiger partial charge is 0.540 e. The van der Waals surface area contributed by atoms with Crippen molar-refractivity contribution in [1.82, 2.24) is 5.32 Å². The number of amides is 1. The number of nitrogens with one attached hydrogen (secondary N) is 1. The topological polar surface area (TPSA) is 46.2 Å².